The van der Waals surface area contributed by atoms with Gasteiger partial charge in [0.2, 0.25) is 5.91 Å². The number of nitrogens with one attached hydrogen (secondary N) is 1. The van der Waals surface area contributed by atoms with E-state index in [9.17, 15) is 9.59 Å². The van der Waals surface area contributed by atoms with Gasteiger partial charge in [0.1, 0.15) is 0 Å². The van der Waals surface area contributed by atoms with Crippen LogP contribution in [0.25, 0.3) is 0 Å². The van der Waals surface area contributed by atoms with Gasteiger partial charge in [-0.05, 0) is 5.56 Å². The highest BCUT2D eigenvalue weighted by Gasteiger charge is 2.09. The number of hydrogen-bond donors (Lipinski definition) is 3. The van der Waals surface area contributed by atoms with Crippen molar-refractivity contribution in [3.63, 3.8) is 0 Å². The maximum absolute atomic E-state index is 11.3. The lowest BCUT2D eigenvalue weighted by atomic mass is 10.2. The van der Waals surface area contributed by atoms with Gasteiger partial charge in [0.25, 0.3) is 0 Å². The van der Waals surface area contributed by atoms with Crippen molar-refractivity contribution < 1.29 is 9.59 Å². The van der Waals surface area contributed by atoms with Crippen molar-refractivity contribution in [2.24, 2.45) is 11.5 Å². The molecule has 0 heterocycles. The number of imide groups is 1. The number of nitrogens with zero attached hydrogens (tertiary/aromatic N) is 1. The molecule has 0 bridgehead atoms. The van der Waals surface area contributed by atoms with Crippen molar-refractivity contribution in [1.82, 2.24) is 10.2 Å². The molecular formula is C13H21ClN4O2. The fourth-order valence-corrected chi connectivity index (χ4v) is 1.75. The molecule has 20 heavy (non-hydrogen) atoms. The van der Waals surface area contributed by atoms with Gasteiger partial charge < -0.3 is 11.5 Å². The molecule has 0 aromatic heterocycles. The Kier molecular flexibility index (Phi) is 9.36. The minimum absolute atomic E-state index is 0. The Morgan fingerprint density at radius 2 is 1.80 bits per heavy atom. The zero-order valence-corrected chi connectivity index (χ0v) is 12.1. The number of rotatable bonds is 7. The summed E-state index contributed by atoms with van der Waals surface area (Å²) in [5.74, 6) is -0.373. The van der Waals surface area contributed by atoms with Crippen molar-refractivity contribution in [2.45, 2.75) is 13.0 Å². The molecule has 7 heteroatoms. The van der Waals surface area contributed by atoms with Crippen LogP contribution in [0, 0.1) is 0 Å². The smallest absolute Gasteiger partial charge is 0.318 e. The van der Waals surface area contributed by atoms with Crippen LogP contribution in [-0.2, 0) is 11.3 Å². The first kappa shape index (κ1) is 18.4. The van der Waals surface area contributed by atoms with Crippen LogP contribution >= 0.6 is 12.4 Å². The topological polar surface area (TPSA) is 101 Å². The molecule has 0 atom stereocenters. The summed E-state index contributed by atoms with van der Waals surface area (Å²) in [4.78, 5) is 23.9. The van der Waals surface area contributed by atoms with Crippen LogP contribution in [0.4, 0.5) is 4.79 Å². The molecule has 112 valence electrons. The molecule has 1 rings (SSSR count). The van der Waals surface area contributed by atoms with E-state index in [4.69, 9.17) is 11.5 Å². The highest BCUT2D eigenvalue weighted by atomic mass is 35.5. The minimum Gasteiger partial charge on any atom is -0.351 e. The highest BCUT2D eigenvalue weighted by Crippen LogP contribution is 2.04. The lowest BCUT2D eigenvalue weighted by molar-refractivity contribution is -0.120. The maximum Gasteiger partial charge on any atom is 0.318 e. The second kappa shape index (κ2) is 10.2. The molecule has 0 saturated heterocycles. The van der Waals surface area contributed by atoms with E-state index in [1.54, 1.807) is 0 Å². The number of nitrogens with two attached hydrogens (primary N) is 2. The van der Waals surface area contributed by atoms with Gasteiger partial charge in [-0.2, -0.15) is 0 Å². The third-order valence-electron chi connectivity index (χ3n) is 2.61. The molecule has 0 radical (unpaired) electrons. The van der Waals surface area contributed by atoms with Gasteiger partial charge in [0.15, 0.2) is 0 Å². The van der Waals surface area contributed by atoms with Crippen LogP contribution in [0.15, 0.2) is 30.3 Å². The monoisotopic (exact) mass is 300 g/mol. The number of carbonyl (C=O) groups excluding carboxylic acids is 2. The Hall–Kier alpha value is -1.63. The Morgan fingerprint density at radius 1 is 1.15 bits per heavy atom. The van der Waals surface area contributed by atoms with Gasteiger partial charge >= 0.3 is 6.03 Å². The summed E-state index contributed by atoms with van der Waals surface area (Å²) in [5, 5.41) is 2.05. The van der Waals surface area contributed by atoms with E-state index >= 15 is 0 Å². The van der Waals surface area contributed by atoms with E-state index in [1.165, 1.54) is 0 Å². The van der Waals surface area contributed by atoms with Gasteiger partial charge in [-0.25, -0.2) is 4.79 Å². The van der Waals surface area contributed by atoms with Gasteiger partial charge in [-0.15, -0.1) is 12.4 Å². The summed E-state index contributed by atoms with van der Waals surface area (Å²) in [6, 6.07) is 9.11. The summed E-state index contributed by atoms with van der Waals surface area (Å²) in [6.45, 7) is 2.47. The van der Waals surface area contributed by atoms with E-state index in [2.05, 4.69) is 4.90 Å². The van der Waals surface area contributed by atoms with Crippen LogP contribution in [-0.4, -0.2) is 36.5 Å². The number of halogens is 1. The van der Waals surface area contributed by atoms with E-state index in [-0.39, 0.29) is 24.7 Å². The second-order valence-corrected chi connectivity index (χ2v) is 4.21. The van der Waals surface area contributed by atoms with Gasteiger partial charge in [-0.1, -0.05) is 30.3 Å². The Labute approximate surface area is 124 Å². The van der Waals surface area contributed by atoms with Crippen molar-refractivity contribution >= 4 is 24.3 Å². The fourth-order valence-electron chi connectivity index (χ4n) is 1.75. The van der Waals surface area contributed by atoms with Crippen molar-refractivity contribution in [3.8, 4) is 0 Å². The van der Waals surface area contributed by atoms with Crippen molar-refractivity contribution in [1.29, 1.82) is 0 Å². The van der Waals surface area contributed by atoms with Crippen LogP contribution in [0.3, 0.4) is 0 Å². The third-order valence-corrected chi connectivity index (χ3v) is 2.61. The number of carbonyl (C=O) groups is 2. The summed E-state index contributed by atoms with van der Waals surface area (Å²) >= 11 is 0. The van der Waals surface area contributed by atoms with E-state index in [0.29, 0.717) is 19.6 Å². The largest absolute Gasteiger partial charge is 0.351 e. The minimum atomic E-state index is -0.821. The van der Waals surface area contributed by atoms with E-state index < -0.39 is 6.03 Å². The predicted molar refractivity (Wildman–Crippen MR) is 80.4 cm³/mol. The van der Waals surface area contributed by atoms with Crippen LogP contribution in [0.2, 0.25) is 0 Å². The molecule has 0 aliphatic heterocycles. The molecule has 0 unspecified atom stereocenters. The molecular weight excluding hydrogens is 280 g/mol. The number of hydrogen-bond acceptors (Lipinski definition) is 4. The quantitative estimate of drug-likeness (QED) is 0.680. The standard InChI is InChI=1S/C13H20N4O2.ClH/c14-7-9-17(8-6-12(18)16-13(15)19)10-11-4-2-1-3-5-11;/h1-5H,6-10,14H2,(H3,15,16,18,19);1H. The number of benzene rings is 1. The average molecular weight is 301 g/mol. The number of urea groups is 1. The SMILES string of the molecule is Cl.NCCN(CCC(=O)NC(N)=O)Cc1ccccc1. The first-order valence-electron chi connectivity index (χ1n) is 6.17. The van der Waals surface area contributed by atoms with Gasteiger partial charge in [0.05, 0.1) is 0 Å². The van der Waals surface area contributed by atoms with E-state index in [1.807, 2.05) is 35.6 Å². The number of primary amides is 1. The summed E-state index contributed by atoms with van der Waals surface area (Å²) < 4.78 is 0. The Morgan fingerprint density at radius 3 is 2.35 bits per heavy atom. The lowest BCUT2D eigenvalue weighted by Crippen LogP contribution is -2.38. The maximum atomic E-state index is 11.3. The summed E-state index contributed by atoms with van der Waals surface area (Å²) in [6.07, 6.45) is 0.218. The Balaban J connectivity index is 0.00000361. The molecule has 0 saturated carbocycles. The van der Waals surface area contributed by atoms with Crippen LogP contribution in [0.5, 0.6) is 0 Å². The predicted octanol–water partition coefficient (Wildman–Crippen LogP) is 0.454. The molecule has 5 N–H and O–H groups in total. The van der Waals surface area contributed by atoms with Crippen LogP contribution < -0.4 is 16.8 Å². The first-order chi connectivity index (χ1) is 9.11. The zero-order chi connectivity index (χ0) is 14.1. The zero-order valence-electron chi connectivity index (χ0n) is 11.2. The average Bonchev–Trinajstić information content (AvgIpc) is 2.37. The summed E-state index contributed by atoms with van der Waals surface area (Å²) in [7, 11) is 0. The molecule has 3 amide bonds. The second-order valence-electron chi connectivity index (χ2n) is 4.21. The fraction of sp³-hybridized carbons (Fsp3) is 0.385. The highest BCUT2D eigenvalue weighted by molar-refractivity contribution is 5.93. The number of amides is 3. The molecule has 0 aliphatic carbocycles. The van der Waals surface area contributed by atoms with Crippen LogP contribution in [0.1, 0.15) is 12.0 Å². The first-order valence-corrected chi connectivity index (χ1v) is 6.17. The van der Waals surface area contributed by atoms with Crippen molar-refractivity contribution in [2.75, 3.05) is 19.6 Å². The van der Waals surface area contributed by atoms with E-state index in [0.717, 1.165) is 12.1 Å². The van der Waals surface area contributed by atoms with Gasteiger partial charge in [-0.3, -0.25) is 15.0 Å². The third kappa shape index (κ3) is 7.73. The van der Waals surface area contributed by atoms with Crippen molar-refractivity contribution in [3.05, 3.63) is 35.9 Å². The molecule has 0 fully saturated rings. The summed E-state index contributed by atoms with van der Waals surface area (Å²) in [5.41, 5.74) is 11.6. The molecule has 6 nitrogen and oxygen atoms in total. The molecule has 0 spiro atoms. The Bertz CT molecular complexity index is 414. The lowest BCUT2D eigenvalue weighted by Gasteiger charge is -2.21. The normalized spacial score (nSPS) is 9.90. The molecule has 1 aromatic carbocycles. The molecule has 1 aromatic rings. The van der Waals surface area contributed by atoms with Gasteiger partial charge in [0, 0.05) is 32.6 Å². The molecule has 0 aliphatic rings.